The highest BCUT2D eigenvalue weighted by Gasteiger charge is 2.21. The average Bonchev–Trinajstić information content (AvgIpc) is 3.35. The molecule has 0 aliphatic carbocycles. The second-order valence-electron chi connectivity index (χ2n) is 6.16. The molecule has 0 saturated carbocycles. The van der Waals surface area contributed by atoms with Crippen molar-refractivity contribution in [1.29, 1.82) is 0 Å². The second-order valence-corrected chi connectivity index (χ2v) is 6.16. The molecule has 1 atom stereocenters. The number of likely N-dealkylation sites (tertiary alicyclic amines) is 1. The lowest BCUT2D eigenvalue weighted by Crippen LogP contribution is -2.45. The van der Waals surface area contributed by atoms with E-state index in [4.69, 9.17) is 13.4 Å². The first-order valence-electron chi connectivity index (χ1n) is 8.37. The number of hydrogen-bond donors (Lipinski definition) is 1. The van der Waals surface area contributed by atoms with Gasteiger partial charge in [-0.1, -0.05) is 5.16 Å². The number of furan rings is 1. The molecule has 1 saturated heterocycles. The third-order valence-electron chi connectivity index (χ3n) is 4.18. The van der Waals surface area contributed by atoms with E-state index in [1.807, 2.05) is 0 Å². The number of rotatable bonds is 6. The lowest BCUT2D eigenvalue weighted by molar-refractivity contribution is 0.175. The van der Waals surface area contributed by atoms with Crippen molar-refractivity contribution in [1.82, 2.24) is 30.6 Å². The standard InChI is InChI=1S/C16H20N6O3/c1-11-18-14(21-25-11)10-22-6-2-4-12(9-22)17-8-15-19-20-16(24-15)13-5-3-7-23-13/h3,5,7,12,17H,2,4,6,8-10H2,1H3/t12-/m0/s1. The van der Waals surface area contributed by atoms with Gasteiger partial charge in [0, 0.05) is 19.5 Å². The monoisotopic (exact) mass is 344 g/mol. The van der Waals surface area contributed by atoms with Gasteiger partial charge in [-0.05, 0) is 31.5 Å². The maximum Gasteiger partial charge on any atom is 0.283 e. The highest BCUT2D eigenvalue weighted by molar-refractivity contribution is 5.42. The van der Waals surface area contributed by atoms with Gasteiger partial charge in [0.05, 0.1) is 19.4 Å². The van der Waals surface area contributed by atoms with Gasteiger partial charge in [-0.2, -0.15) is 4.98 Å². The van der Waals surface area contributed by atoms with E-state index >= 15 is 0 Å². The van der Waals surface area contributed by atoms with E-state index in [9.17, 15) is 0 Å². The normalized spacial score (nSPS) is 18.7. The summed E-state index contributed by atoms with van der Waals surface area (Å²) in [6, 6.07) is 3.95. The molecule has 3 aromatic rings. The van der Waals surface area contributed by atoms with Crippen molar-refractivity contribution in [2.24, 2.45) is 0 Å². The molecule has 1 aliphatic heterocycles. The molecule has 0 bridgehead atoms. The lowest BCUT2D eigenvalue weighted by atomic mass is 10.1. The molecule has 0 amide bonds. The van der Waals surface area contributed by atoms with E-state index in [2.05, 4.69) is 30.6 Å². The molecular formula is C16H20N6O3. The molecule has 0 radical (unpaired) electrons. The first-order chi connectivity index (χ1) is 12.3. The maximum absolute atomic E-state index is 5.62. The Labute approximate surface area is 144 Å². The van der Waals surface area contributed by atoms with Crippen molar-refractivity contribution in [3.05, 3.63) is 36.0 Å². The van der Waals surface area contributed by atoms with Crippen LogP contribution in [0.5, 0.6) is 0 Å². The Morgan fingerprint density at radius 1 is 1.36 bits per heavy atom. The number of hydrogen-bond acceptors (Lipinski definition) is 9. The number of nitrogens with one attached hydrogen (secondary N) is 1. The van der Waals surface area contributed by atoms with Crippen molar-refractivity contribution in [2.75, 3.05) is 13.1 Å². The van der Waals surface area contributed by atoms with Crippen LogP contribution in [0.4, 0.5) is 0 Å². The van der Waals surface area contributed by atoms with Crippen molar-refractivity contribution in [3.8, 4) is 11.7 Å². The first-order valence-corrected chi connectivity index (χ1v) is 8.37. The van der Waals surface area contributed by atoms with Crippen LogP contribution >= 0.6 is 0 Å². The van der Waals surface area contributed by atoms with Gasteiger partial charge in [-0.3, -0.25) is 4.90 Å². The summed E-state index contributed by atoms with van der Waals surface area (Å²) in [5.74, 6) is 2.87. The Kier molecular flexibility index (Phi) is 4.57. The molecule has 4 heterocycles. The maximum atomic E-state index is 5.62. The quantitative estimate of drug-likeness (QED) is 0.716. The van der Waals surface area contributed by atoms with Gasteiger partial charge in [0.15, 0.2) is 11.6 Å². The van der Waals surface area contributed by atoms with Crippen molar-refractivity contribution < 1.29 is 13.4 Å². The van der Waals surface area contributed by atoms with Crippen LogP contribution in [-0.4, -0.2) is 44.4 Å². The van der Waals surface area contributed by atoms with Gasteiger partial charge < -0.3 is 18.7 Å². The number of piperidine rings is 1. The van der Waals surface area contributed by atoms with Crippen molar-refractivity contribution in [2.45, 2.75) is 38.9 Å². The molecule has 0 unspecified atom stereocenters. The van der Waals surface area contributed by atoms with Gasteiger partial charge in [-0.25, -0.2) is 0 Å². The lowest BCUT2D eigenvalue weighted by Gasteiger charge is -2.32. The van der Waals surface area contributed by atoms with Crippen LogP contribution in [0.1, 0.15) is 30.4 Å². The Balaban J connectivity index is 1.29. The van der Waals surface area contributed by atoms with Gasteiger partial charge >= 0.3 is 0 Å². The molecule has 3 aromatic heterocycles. The Morgan fingerprint density at radius 3 is 3.12 bits per heavy atom. The highest BCUT2D eigenvalue weighted by Crippen LogP contribution is 2.18. The van der Waals surface area contributed by atoms with Gasteiger partial charge in [-0.15, -0.1) is 10.2 Å². The summed E-state index contributed by atoms with van der Waals surface area (Å²) >= 11 is 0. The SMILES string of the molecule is Cc1nc(CN2CCC[C@H](NCc3nnc(-c4ccco4)o3)C2)no1. The number of nitrogens with zero attached hydrogens (tertiary/aromatic N) is 5. The van der Waals surface area contributed by atoms with Gasteiger partial charge in [0.2, 0.25) is 11.8 Å². The molecule has 1 aliphatic rings. The largest absolute Gasteiger partial charge is 0.459 e. The summed E-state index contributed by atoms with van der Waals surface area (Å²) in [6.07, 6.45) is 3.82. The predicted molar refractivity (Wildman–Crippen MR) is 86.2 cm³/mol. The molecule has 9 heteroatoms. The summed E-state index contributed by atoms with van der Waals surface area (Å²) in [7, 11) is 0. The van der Waals surface area contributed by atoms with Crippen LogP contribution in [0.2, 0.25) is 0 Å². The minimum Gasteiger partial charge on any atom is -0.459 e. The number of aryl methyl sites for hydroxylation is 1. The summed E-state index contributed by atoms with van der Waals surface area (Å²) in [5, 5.41) is 15.5. The van der Waals surface area contributed by atoms with Crippen LogP contribution in [0, 0.1) is 6.92 Å². The summed E-state index contributed by atoms with van der Waals surface area (Å²) in [4.78, 5) is 6.60. The van der Waals surface area contributed by atoms with Crippen LogP contribution in [0.15, 0.2) is 31.8 Å². The molecule has 9 nitrogen and oxygen atoms in total. The molecule has 0 spiro atoms. The fourth-order valence-corrected chi connectivity index (χ4v) is 3.03. The van der Waals surface area contributed by atoms with E-state index in [-0.39, 0.29) is 0 Å². The average molecular weight is 344 g/mol. The van der Waals surface area contributed by atoms with Crippen LogP contribution in [-0.2, 0) is 13.1 Å². The zero-order valence-corrected chi connectivity index (χ0v) is 14.0. The van der Waals surface area contributed by atoms with E-state index < -0.39 is 0 Å². The van der Waals surface area contributed by atoms with Crippen LogP contribution in [0.25, 0.3) is 11.7 Å². The van der Waals surface area contributed by atoms with Crippen molar-refractivity contribution >= 4 is 0 Å². The first kappa shape index (κ1) is 16.0. The van der Waals surface area contributed by atoms with Crippen molar-refractivity contribution in [3.63, 3.8) is 0 Å². The minimum atomic E-state index is 0.362. The molecule has 0 aromatic carbocycles. The fourth-order valence-electron chi connectivity index (χ4n) is 3.03. The third-order valence-corrected chi connectivity index (χ3v) is 4.18. The second kappa shape index (κ2) is 7.16. The molecular weight excluding hydrogens is 324 g/mol. The summed E-state index contributed by atoms with van der Waals surface area (Å²) in [6.45, 7) is 5.01. The van der Waals surface area contributed by atoms with Crippen LogP contribution < -0.4 is 5.32 Å². The Morgan fingerprint density at radius 2 is 2.32 bits per heavy atom. The number of aromatic nitrogens is 4. The van der Waals surface area contributed by atoms with Crippen LogP contribution in [0.3, 0.4) is 0 Å². The zero-order valence-electron chi connectivity index (χ0n) is 14.0. The summed E-state index contributed by atoms with van der Waals surface area (Å²) in [5.41, 5.74) is 0. The Bertz CT molecular complexity index is 797. The molecule has 25 heavy (non-hydrogen) atoms. The highest BCUT2D eigenvalue weighted by atomic mass is 16.5. The molecule has 1 fully saturated rings. The molecule has 132 valence electrons. The fraction of sp³-hybridized carbons (Fsp3) is 0.500. The minimum absolute atomic E-state index is 0.362. The van der Waals surface area contributed by atoms with E-state index in [0.29, 0.717) is 42.6 Å². The third kappa shape index (κ3) is 3.94. The van der Waals surface area contributed by atoms with Gasteiger partial charge in [0.25, 0.3) is 5.89 Å². The Hall–Kier alpha value is -2.52. The van der Waals surface area contributed by atoms with Gasteiger partial charge in [0.1, 0.15) is 0 Å². The summed E-state index contributed by atoms with van der Waals surface area (Å²) < 4.78 is 15.9. The van der Waals surface area contributed by atoms with E-state index in [1.165, 1.54) is 0 Å². The van der Waals surface area contributed by atoms with E-state index in [0.717, 1.165) is 31.8 Å². The topological polar surface area (TPSA) is 106 Å². The smallest absolute Gasteiger partial charge is 0.283 e. The van der Waals surface area contributed by atoms with E-state index in [1.54, 1.807) is 25.3 Å². The molecule has 1 N–H and O–H groups in total. The zero-order chi connectivity index (χ0) is 17.1. The molecule has 4 rings (SSSR count). The predicted octanol–water partition coefficient (Wildman–Crippen LogP) is 1.78.